The summed E-state index contributed by atoms with van der Waals surface area (Å²) in [6, 6.07) is 0. The molecule has 2 heteroatoms. The highest BCUT2D eigenvalue weighted by Gasteiger charge is 1.62. The van der Waals surface area contributed by atoms with Crippen LogP contribution in [0.25, 0.3) is 0 Å². The zero-order valence-electron chi connectivity index (χ0n) is 4.22. The molecule has 38 valence electrons. The van der Waals surface area contributed by atoms with E-state index in [1.165, 1.54) is 0 Å². The highest BCUT2D eigenvalue weighted by atomic mass is 16.6. The third kappa shape index (κ3) is 5.03. The monoisotopic (exact) mass is 97.1 g/mol. The van der Waals surface area contributed by atoms with Crippen LogP contribution in [0, 0.1) is 12.5 Å². The Morgan fingerprint density at radius 2 is 2.71 bits per heavy atom. The summed E-state index contributed by atoms with van der Waals surface area (Å²) in [6.45, 7) is 1.95. The highest BCUT2D eigenvalue weighted by Crippen LogP contribution is 1.69. The van der Waals surface area contributed by atoms with Gasteiger partial charge in [-0.3, -0.25) is 0 Å². The van der Waals surface area contributed by atoms with Crippen LogP contribution in [-0.2, 0) is 4.84 Å². The van der Waals surface area contributed by atoms with Gasteiger partial charge in [0.1, 0.15) is 6.11 Å². The molecular formula is C5H7NO. The average molecular weight is 97.1 g/mol. The van der Waals surface area contributed by atoms with Crippen LogP contribution in [0.2, 0.25) is 0 Å². The molecule has 7 heavy (non-hydrogen) atoms. The van der Waals surface area contributed by atoms with Crippen LogP contribution in [0.15, 0.2) is 5.16 Å². The zero-order chi connectivity index (χ0) is 5.54. The van der Waals surface area contributed by atoms with Gasteiger partial charge in [-0.05, 0) is 6.42 Å². The first kappa shape index (κ1) is 6.03. The fourth-order valence-corrected chi connectivity index (χ4v) is 0.142. The van der Waals surface area contributed by atoms with Gasteiger partial charge in [0.05, 0.1) is 0 Å². The van der Waals surface area contributed by atoms with Gasteiger partial charge in [0.2, 0.25) is 0 Å². The van der Waals surface area contributed by atoms with E-state index in [4.69, 9.17) is 0 Å². The summed E-state index contributed by atoms with van der Waals surface area (Å²) < 4.78 is 0. The van der Waals surface area contributed by atoms with Crippen molar-refractivity contribution in [1.82, 2.24) is 0 Å². The van der Waals surface area contributed by atoms with Crippen molar-refractivity contribution in [2.75, 3.05) is 0 Å². The Morgan fingerprint density at radius 3 is 3.14 bits per heavy atom. The second kappa shape index (κ2) is 5.03. The van der Waals surface area contributed by atoms with Crippen LogP contribution in [0.5, 0.6) is 0 Å². The number of oxime groups is 1. The smallest absolute Gasteiger partial charge is 0.145 e. The lowest BCUT2D eigenvalue weighted by molar-refractivity contribution is 0.301. The summed E-state index contributed by atoms with van der Waals surface area (Å²) in [5, 5.41) is 3.35. The Balaban J connectivity index is 2.97. The molecule has 0 atom stereocenters. The first-order valence-electron chi connectivity index (χ1n) is 2.05. The standard InChI is InChI=1S/C5H7NO/c1-3-5-6-7-4-2/h2,5H,3H2,1H3. The van der Waals surface area contributed by atoms with Crippen LogP contribution < -0.4 is 0 Å². The minimum Gasteiger partial charge on any atom is -0.304 e. The van der Waals surface area contributed by atoms with Gasteiger partial charge in [0.25, 0.3) is 0 Å². The Kier molecular flexibility index (Phi) is 4.33. The molecule has 0 aromatic heterocycles. The van der Waals surface area contributed by atoms with Crippen molar-refractivity contribution in [3.63, 3.8) is 0 Å². The largest absolute Gasteiger partial charge is 0.304 e. The molecule has 0 N–H and O–H groups in total. The highest BCUT2D eigenvalue weighted by molar-refractivity contribution is 5.55. The van der Waals surface area contributed by atoms with Gasteiger partial charge in [0.15, 0.2) is 0 Å². The number of terminal acetylenes is 1. The normalized spacial score (nSPS) is 8.57. The number of rotatable bonds is 2. The molecule has 0 aromatic carbocycles. The van der Waals surface area contributed by atoms with Gasteiger partial charge >= 0.3 is 0 Å². The summed E-state index contributed by atoms with van der Waals surface area (Å²) in [6.07, 6.45) is 9.03. The van der Waals surface area contributed by atoms with Crippen molar-refractivity contribution in [3.8, 4) is 12.5 Å². The van der Waals surface area contributed by atoms with Crippen LogP contribution in [-0.4, -0.2) is 6.21 Å². The van der Waals surface area contributed by atoms with Crippen molar-refractivity contribution in [3.05, 3.63) is 0 Å². The third-order valence-corrected chi connectivity index (χ3v) is 0.363. The Hall–Kier alpha value is -0.970. The molecule has 0 spiro atoms. The van der Waals surface area contributed by atoms with Gasteiger partial charge in [0, 0.05) is 6.21 Å². The molecule has 0 aromatic rings. The average Bonchev–Trinajstić information content (AvgIpc) is 1.69. The molecule has 0 amide bonds. The predicted molar refractivity (Wildman–Crippen MR) is 28.7 cm³/mol. The van der Waals surface area contributed by atoms with Gasteiger partial charge in [-0.2, -0.15) is 0 Å². The van der Waals surface area contributed by atoms with Gasteiger partial charge in [-0.1, -0.05) is 18.5 Å². The summed E-state index contributed by atoms with van der Waals surface area (Å²) in [5.41, 5.74) is 0. The predicted octanol–water partition coefficient (Wildman–Crippen LogP) is 0.990. The van der Waals surface area contributed by atoms with Crippen LogP contribution in [0.1, 0.15) is 13.3 Å². The maximum absolute atomic E-state index is 4.68. The van der Waals surface area contributed by atoms with E-state index in [0.29, 0.717) is 0 Å². The van der Waals surface area contributed by atoms with E-state index in [1.807, 2.05) is 13.0 Å². The first-order chi connectivity index (χ1) is 3.41. The molecular weight excluding hydrogens is 90.1 g/mol. The molecule has 0 saturated carbocycles. The minimum absolute atomic E-state index is 0.849. The van der Waals surface area contributed by atoms with E-state index in [9.17, 15) is 0 Å². The summed E-state index contributed by atoms with van der Waals surface area (Å²) >= 11 is 0. The molecule has 0 bridgehead atoms. The molecule has 2 nitrogen and oxygen atoms in total. The summed E-state index contributed by atoms with van der Waals surface area (Å²) in [4.78, 5) is 4.17. The van der Waals surface area contributed by atoms with E-state index in [-0.39, 0.29) is 0 Å². The molecule has 0 aliphatic carbocycles. The maximum atomic E-state index is 4.68. The van der Waals surface area contributed by atoms with Crippen LogP contribution in [0.4, 0.5) is 0 Å². The molecule has 0 radical (unpaired) electrons. The first-order valence-corrected chi connectivity index (χ1v) is 2.05. The Labute approximate surface area is 43.2 Å². The summed E-state index contributed by atoms with van der Waals surface area (Å²) in [5.74, 6) is 0. The molecule has 0 aliphatic heterocycles. The van der Waals surface area contributed by atoms with Crippen molar-refractivity contribution in [2.45, 2.75) is 13.3 Å². The fourth-order valence-electron chi connectivity index (χ4n) is 0.142. The van der Waals surface area contributed by atoms with E-state index in [2.05, 4.69) is 16.4 Å². The Morgan fingerprint density at radius 1 is 2.00 bits per heavy atom. The lowest BCUT2D eigenvalue weighted by atomic mass is 10.6. The molecule has 0 aliphatic rings. The second-order valence-corrected chi connectivity index (χ2v) is 0.905. The van der Waals surface area contributed by atoms with Crippen molar-refractivity contribution in [2.24, 2.45) is 5.16 Å². The van der Waals surface area contributed by atoms with Gasteiger partial charge in [-0.15, -0.1) is 0 Å². The van der Waals surface area contributed by atoms with Crippen molar-refractivity contribution < 1.29 is 4.84 Å². The Bertz CT molecular complexity index is 90.7. The maximum Gasteiger partial charge on any atom is 0.145 e. The van der Waals surface area contributed by atoms with E-state index >= 15 is 0 Å². The number of hydrogen-bond acceptors (Lipinski definition) is 2. The quantitative estimate of drug-likeness (QED) is 0.286. The van der Waals surface area contributed by atoms with Gasteiger partial charge < -0.3 is 4.84 Å². The van der Waals surface area contributed by atoms with E-state index in [1.54, 1.807) is 6.21 Å². The van der Waals surface area contributed by atoms with Gasteiger partial charge in [-0.25, -0.2) is 0 Å². The van der Waals surface area contributed by atoms with Crippen molar-refractivity contribution in [1.29, 1.82) is 0 Å². The zero-order valence-corrected chi connectivity index (χ0v) is 4.22. The number of nitrogens with zero attached hydrogens (tertiary/aromatic N) is 1. The number of hydrogen-bond donors (Lipinski definition) is 0. The second-order valence-electron chi connectivity index (χ2n) is 0.905. The van der Waals surface area contributed by atoms with Crippen molar-refractivity contribution >= 4 is 6.21 Å². The lowest BCUT2D eigenvalue weighted by Gasteiger charge is -1.76. The lowest BCUT2D eigenvalue weighted by Crippen LogP contribution is -1.68. The molecule has 0 heterocycles. The van der Waals surface area contributed by atoms with E-state index in [0.717, 1.165) is 6.42 Å². The van der Waals surface area contributed by atoms with Crippen LogP contribution >= 0.6 is 0 Å². The van der Waals surface area contributed by atoms with Crippen LogP contribution in [0.3, 0.4) is 0 Å². The molecule has 0 rings (SSSR count). The van der Waals surface area contributed by atoms with E-state index < -0.39 is 0 Å². The SMILES string of the molecule is C#CON=CCC. The third-order valence-electron chi connectivity index (χ3n) is 0.363. The minimum atomic E-state index is 0.849. The topological polar surface area (TPSA) is 21.6 Å². The molecule has 0 fully saturated rings. The molecule has 0 saturated heterocycles. The summed E-state index contributed by atoms with van der Waals surface area (Å²) in [7, 11) is 0. The molecule has 0 unspecified atom stereocenters. The fraction of sp³-hybridized carbons (Fsp3) is 0.400.